The molecule has 0 atom stereocenters. The van der Waals surface area contributed by atoms with Crippen molar-refractivity contribution in [3.05, 3.63) is 0 Å². The smallest absolute Gasteiger partial charge is 0.323 e. The normalized spacial score (nSPS) is 22.8. The first-order chi connectivity index (χ1) is 9.40. The lowest BCUT2D eigenvalue weighted by Gasteiger charge is -2.30. The quantitative estimate of drug-likeness (QED) is 0.780. The number of carboxylic acids is 1. The van der Waals surface area contributed by atoms with Gasteiger partial charge in [-0.1, -0.05) is 33.1 Å². The molecule has 0 radical (unpaired) electrons. The summed E-state index contributed by atoms with van der Waals surface area (Å²) in [5.74, 6) is 0.650. The van der Waals surface area contributed by atoms with E-state index in [-0.39, 0.29) is 18.4 Å². The first-order valence-corrected chi connectivity index (χ1v) is 7.87. The molecule has 1 saturated carbocycles. The van der Waals surface area contributed by atoms with Crippen molar-refractivity contribution < 1.29 is 14.7 Å². The van der Waals surface area contributed by atoms with Crippen LogP contribution in [0.3, 0.4) is 0 Å². The fourth-order valence-electron chi connectivity index (χ4n) is 3.11. The highest BCUT2D eigenvalue weighted by molar-refractivity contribution is 5.82. The number of carbonyl (C=O) groups excluding carboxylic acids is 1. The molecule has 1 aliphatic rings. The average molecular weight is 283 g/mol. The Morgan fingerprint density at radius 1 is 1.20 bits per heavy atom. The summed E-state index contributed by atoms with van der Waals surface area (Å²) in [5, 5.41) is 8.72. The molecular formula is C16H29NO3. The van der Waals surface area contributed by atoms with Crippen molar-refractivity contribution in [3.63, 3.8) is 0 Å². The van der Waals surface area contributed by atoms with Gasteiger partial charge in [0, 0.05) is 13.0 Å². The van der Waals surface area contributed by atoms with E-state index >= 15 is 0 Å². The minimum Gasteiger partial charge on any atom is -0.480 e. The van der Waals surface area contributed by atoms with Crippen LogP contribution in [0.15, 0.2) is 0 Å². The number of hydrogen-bond donors (Lipinski definition) is 1. The van der Waals surface area contributed by atoms with Gasteiger partial charge in [-0.3, -0.25) is 9.59 Å². The lowest BCUT2D eigenvalue weighted by atomic mass is 9.79. The number of hydrogen-bond acceptors (Lipinski definition) is 2. The molecule has 4 heteroatoms. The van der Waals surface area contributed by atoms with Crippen molar-refractivity contribution in [2.75, 3.05) is 13.6 Å². The highest BCUT2D eigenvalue weighted by Gasteiger charge is 2.28. The molecule has 4 nitrogen and oxygen atoms in total. The van der Waals surface area contributed by atoms with E-state index in [2.05, 4.69) is 13.8 Å². The number of rotatable bonds is 7. The maximum absolute atomic E-state index is 12.1. The van der Waals surface area contributed by atoms with E-state index in [4.69, 9.17) is 5.11 Å². The van der Waals surface area contributed by atoms with Gasteiger partial charge in [0.05, 0.1) is 0 Å². The summed E-state index contributed by atoms with van der Waals surface area (Å²) in [4.78, 5) is 24.1. The van der Waals surface area contributed by atoms with Crippen LogP contribution in [0.4, 0.5) is 0 Å². The van der Waals surface area contributed by atoms with Crippen LogP contribution in [0.1, 0.15) is 58.8 Å². The van der Waals surface area contributed by atoms with Crippen LogP contribution in [0.25, 0.3) is 0 Å². The van der Waals surface area contributed by atoms with Gasteiger partial charge >= 0.3 is 5.97 Å². The number of amides is 1. The molecular weight excluding hydrogens is 254 g/mol. The minimum atomic E-state index is -0.941. The van der Waals surface area contributed by atoms with Crippen molar-refractivity contribution in [1.29, 1.82) is 0 Å². The zero-order valence-electron chi connectivity index (χ0n) is 13.1. The van der Waals surface area contributed by atoms with E-state index in [9.17, 15) is 9.59 Å². The number of carboxylic acid groups (broad SMARTS) is 1. The van der Waals surface area contributed by atoms with Crippen LogP contribution in [-0.2, 0) is 9.59 Å². The summed E-state index contributed by atoms with van der Waals surface area (Å²) in [5.41, 5.74) is 0. The second kappa shape index (κ2) is 8.28. The SMILES string of the molecule is CC(C)CCC[C@H]1CC[C@@H](C(=O)N(C)CC(=O)O)CC1. The number of likely N-dealkylation sites (N-methyl/N-ethyl adjacent to an activating group) is 1. The molecule has 0 saturated heterocycles. The lowest BCUT2D eigenvalue weighted by Crippen LogP contribution is -2.38. The zero-order valence-corrected chi connectivity index (χ0v) is 13.1. The van der Waals surface area contributed by atoms with Gasteiger partial charge in [0.2, 0.25) is 5.91 Å². The Balaban J connectivity index is 2.27. The Morgan fingerprint density at radius 2 is 1.80 bits per heavy atom. The standard InChI is InChI=1S/C16H29NO3/c1-12(2)5-4-6-13-7-9-14(10-8-13)16(20)17(3)11-15(18)19/h12-14H,4-11H2,1-3H3,(H,18,19)/t13-,14+. The Kier molecular flexibility index (Phi) is 7.03. The predicted molar refractivity (Wildman–Crippen MR) is 79.4 cm³/mol. The molecule has 0 aromatic carbocycles. The van der Waals surface area contributed by atoms with Crippen LogP contribution < -0.4 is 0 Å². The summed E-state index contributed by atoms with van der Waals surface area (Å²) >= 11 is 0. The first-order valence-electron chi connectivity index (χ1n) is 7.87. The molecule has 1 amide bonds. The fourth-order valence-corrected chi connectivity index (χ4v) is 3.11. The minimum absolute atomic E-state index is 0.00744. The second-order valence-corrected chi connectivity index (χ2v) is 6.63. The summed E-state index contributed by atoms with van der Waals surface area (Å²) in [7, 11) is 1.59. The van der Waals surface area contributed by atoms with E-state index in [0.29, 0.717) is 0 Å². The molecule has 1 fully saturated rings. The van der Waals surface area contributed by atoms with Gasteiger partial charge in [-0.25, -0.2) is 0 Å². The van der Waals surface area contributed by atoms with Gasteiger partial charge in [-0.15, -0.1) is 0 Å². The average Bonchev–Trinajstić information content (AvgIpc) is 2.37. The second-order valence-electron chi connectivity index (χ2n) is 6.63. The molecule has 1 aliphatic carbocycles. The van der Waals surface area contributed by atoms with Crippen LogP contribution in [0, 0.1) is 17.8 Å². The summed E-state index contributed by atoms with van der Waals surface area (Å²) in [6, 6.07) is 0. The third kappa shape index (κ3) is 5.93. The predicted octanol–water partition coefficient (Wildman–Crippen LogP) is 3.16. The number of aliphatic carboxylic acids is 1. The molecule has 0 aliphatic heterocycles. The Bertz CT molecular complexity index is 320. The number of carbonyl (C=O) groups is 2. The van der Waals surface area contributed by atoms with E-state index < -0.39 is 5.97 Å². The van der Waals surface area contributed by atoms with Gasteiger partial charge < -0.3 is 10.0 Å². The molecule has 0 spiro atoms. The summed E-state index contributed by atoms with van der Waals surface area (Å²) in [6.07, 6.45) is 7.96. The molecule has 20 heavy (non-hydrogen) atoms. The van der Waals surface area contributed by atoms with Gasteiger partial charge in [0.15, 0.2) is 0 Å². The van der Waals surface area contributed by atoms with Gasteiger partial charge in [0.1, 0.15) is 6.54 Å². The van der Waals surface area contributed by atoms with Gasteiger partial charge in [-0.2, -0.15) is 0 Å². The third-order valence-corrected chi connectivity index (χ3v) is 4.34. The van der Waals surface area contributed by atoms with Crippen molar-refractivity contribution in [3.8, 4) is 0 Å². The fraction of sp³-hybridized carbons (Fsp3) is 0.875. The van der Waals surface area contributed by atoms with Crippen molar-refractivity contribution in [2.24, 2.45) is 17.8 Å². The van der Waals surface area contributed by atoms with E-state index in [1.54, 1.807) is 7.05 Å². The van der Waals surface area contributed by atoms with E-state index in [1.807, 2.05) is 0 Å². The highest BCUT2D eigenvalue weighted by Crippen LogP contribution is 2.33. The molecule has 0 unspecified atom stereocenters. The lowest BCUT2D eigenvalue weighted by molar-refractivity contribution is -0.145. The third-order valence-electron chi connectivity index (χ3n) is 4.34. The molecule has 116 valence electrons. The van der Waals surface area contributed by atoms with E-state index in [1.165, 1.54) is 24.2 Å². The molecule has 0 bridgehead atoms. The van der Waals surface area contributed by atoms with Crippen molar-refractivity contribution >= 4 is 11.9 Å². The Morgan fingerprint density at radius 3 is 2.30 bits per heavy atom. The summed E-state index contributed by atoms with van der Waals surface area (Å²) < 4.78 is 0. The Hall–Kier alpha value is -1.06. The monoisotopic (exact) mass is 283 g/mol. The van der Waals surface area contributed by atoms with Crippen LogP contribution in [0.5, 0.6) is 0 Å². The van der Waals surface area contributed by atoms with Crippen LogP contribution in [0.2, 0.25) is 0 Å². The molecule has 0 aromatic rings. The van der Waals surface area contributed by atoms with Gasteiger partial charge in [-0.05, 0) is 37.5 Å². The van der Waals surface area contributed by atoms with Crippen molar-refractivity contribution in [1.82, 2.24) is 4.90 Å². The molecule has 1 rings (SSSR count). The highest BCUT2D eigenvalue weighted by atomic mass is 16.4. The molecule has 0 heterocycles. The number of nitrogens with zero attached hydrogens (tertiary/aromatic N) is 1. The van der Waals surface area contributed by atoms with Gasteiger partial charge in [0.25, 0.3) is 0 Å². The largest absolute Gasteiger partial charge is 0.480 e. The first kappa shape index (κ1) is 17.0. The van der Waals surface area contributed by atoms with Crippen molar-refractivity contribution in [2.45, 2.75) is 58.8 Å². The van der Waals surface area contributed by atoms with Crippen LogP contribution >= 0.6 is 0 Å². The Labute approximate surface area is 122 Å². The molecule has 0 aromatic heterocycles. The van der Waals surface area contributed by atoms with Crippen LogP contribution in [-0.4, -0.2) is 35.5 Å². The zero-order chi connectivity index (χ0) is 15.1. The maximum Gasteiger partial charge on any atom is 0.323 e. The molecule has 1 N–H and O–H groups in total. The summed E-state index contributed by atoms with van der Waals surface area (Å²) in [6.45, 7) is 4.33. The maximum atomic E-state index is 12.1. The van der Waals surface area contributed by atoms with E-state index in [0.717, 1.165) is 37.5 Å². The topological polar surface area (TPSA) is 57.6 Å².